The summed E-state index contributed by atoms with van der Waals surface area (Å²) in [4.78, 5) is 19.7. The van der Waals surface area contributed by atoms with E-state index in [9.17, 15) is 9.18 Å². The predicted molar refractivity (Wildman–Crippen MR) is 146 cm³/mol. The molecule has 194 valence electrons. The highest BCUT2D eigenvalue weighted by Crippen LogP contribution is 2.29. The topological polar surface area (TPSA) is 95.2 Å². The van der Waals surface area contributed by atoms with E-state index in [0.717, 1.165) is 39.1 Å². The van der Waals surface area contributed by atoms with Crippen LogP contribution in [-0.4, -0.2) is 59.3 Å². The van der Waals surface area contributed by atoms with E-state index in [1.807, 2.05) is 12.1 Å². The van der Waals surface area contributed by atoms with Crippen molar-refractivity contribution < 1.29 is 13.9 Å². The van der Waals surface area contributed by atoms with Crippen LogP contribution in [0, 0.1) is 5.82 Å². The summed E-state index contributed by atoms with van der Waals surface area (Å²) >= 11 is 0. The number of amides is 1. The van der Waals surface area contributed by atoms with E-state index in [4.69, 9.17) is 4.74 Å². The number of halogens is 2. The molecule has 1 fully saturated rings. The summed E-state index contributed by atoms with van der Waals surface area (Å²) in [5.41, 5.74) is 2.65. The van der Waals surface area contributed by atoms with Crippen LogP contribution >= 0.6 is 12.4 Å². The largest absolute Gasteiger partial charge is 0.383 e. The predicted octanol–water partition coefficient (Wildman–Crippen LogP) is 5.34. The summed E-state index contributed by atoms with van der Waals surface area (Å²) < 4.78 is 19.1. The highest BCUT2D eigenvalue weighted by Gasteiger charge is 2.21. The summed E-state index contributed by atoms with van der Waals surface area (Å²) in [6.07, 6.45) is 2.21. The highest BCUT2D eigenvalue weighted by atomic mass is 35.5. The van der Waals surface area contributed by atoms with E-state index in [1.165, 1.54) is 11.6 Å². The number of likely N-dealkylation sites (tertiary alicyclic amines) is 1. The average molecular weight is 525 g/mol. The lowest BCUT2D eigenvalue weighted by atomic mass is 9.89. The van der Waals surface area contributed by atoms with Crippen molar-refractivity contribution in [1.82, 2.24) is 20.1 Å². The minimum absolute atomic E-state index is 0. The lowest BCUT2D eigenvalue weighted by Gasteiger charge is -2.32. The molecule has 0 radical (unpaired) electrons. The molecule has 0 unspecified atom stereocenters. The maximum absolute atomic E-state index is 13.9. The Morgan fingerprint density at radius 1 is 1.11 bits per heavy atom. The molecule has 3 heterocycles. The van der Waals surface area contributed by atoms with Gasteiger partial charge in [-0.2, -0.15) is 5.10 Å². The van der Waals surface area contributed by atoms with Gasteiger partial charge in [-0.05, 0) is 73.8 Å². The molecule has 0 saturated carbocycles. The SMILES string of the molecule is COCCN1CCC(c2ccc(C(=O)Nc3n[nH]c4nc(Nc5ccccc5F)ccc34)cc2)CC1.Cl. The second-order valence-electron chi connectivity index (χ2n) is 8.95. The zero-order valence-corrected chi connectivity index (χ0v) is 21.4. The van der Waals surface area contributed by atoms with E-state index >= 15 is 0 Å². The van der Waals surface area contributed by atoms with Crippen LogP contribution < -0.4 is 10.6 Å². The molecule has 1 saturated heterocycles. The van der Waals surface area contributed by atoms with Gasteiger partial charge in [0.1, 0.15) is 11.6 Å². The first kappa shape index (κ1) is 26.5. The number of carbonyl (C=O) groups is 1. The minimum Gasteiger partial charge on any atom is -0.383 e. The second-order valence-corrected chi connectivity index (χ2v) is 8.95. The van der Waals surface area contributed by atoms with Crippen LogP contribution in [0.1, 0.15) is 34.7 Å². The van der Waals surface area contributed by atoms with Gasteiger partial charge in [-0.25, -0.2) is 9.37 Å². The molecular formula is C27H30ClFN6O2. The third-order valence-corrected chi connectivity index (χ3v) is 6.64. The quantitative estimate of drug-likeness (QED) is 0.288. The number of methoxy groups -OCH3 is 1. The van der Waals surface area contributed by atoms with E-state index < -0.39 is 0 Å². The fraction of sp³-hybridized carbons (Fsp3) is 0.296. The third-order valence-electron chi connectivity index (χ3n) is 6.64. The molecule has 4 aromatic rings. The van der Waals surface area contributed by atoms with Crippen LogP contribution in [0.4, 0.5) is 21.7 Å². The van der Waals surface area contributed by atoms with Crippen molar-refractivity contribution in [2.24, 2.45) is 0 Å². The molecule has 0 spiro atoms. The molecule has 2 aromatic carbocycles. The van der Waals surface area contributed by atoms with Crippen molar-refractivity contribution in [2.75, 3.05) is 44.0 Å². The van der Waals surface area contributed by atoms with Gasteiger partial charge in [-0.1, -0.05) is 24.3 Å². The monoisotopic (exact) mass is 524 g/mol. The van der Waals surface area contributed by atoms with Gasteiger partial charge in [0.2, 0.25) is 0 Å². The molecule has 10 heteroatoms. The summed E-state index contributed by atoms with van der Waals surface area (Å²) in [6.45, 7) is 3.87. The first-order chi connectivity index (χ1) is 17.6. The number of aromatic nitrogens is 3. The minimum atomic E-state index is -0.365. The second kappa shape index (κ2) is 12.1. The van der Waals surface area contributed by atoms with Gasteiger partial charge in [0, 0.05) is 19.2 Å². The molecular weight excluding hydrogens is 495 g/mol. The fourth-order valence-electron chi connectivity index (χ4n) is 4.57. The van der Waals surface area contributed by atoms with Crippen LogP contribution in [0.25, 0.3) is 11.0 Å². The number of piperidine rings is 1. The summed E-state index contributed by atoms with van der Waals surface area (Å²) in [6, 6.07) is 17.7. The van der Waals surface area contributed by atoms with Gasteiger partial charge in [0.05, 0.1) is 17.7 Å². The van der Waals surface area contributed by atoms with Crippen molar-refractivity contribution in [3.63, 3.8) is 0 Å². The van der Waals surface area contributed by atoms with Gasteiger partial charge in [0.25, 0.3) is 5.91 Å². The van der Waals surface area contributed by atoms with Crippen LogP contribution in [0.2, 0.25) is 0 Å². The third kappa shape index (κ3) is 6.25. The van der Waals surface area contributed by atoms with E-state index in [2.05, 4.69) is 42.8 Å². The number of benzene rings is 2. The Balaban J connectivity index is 0.00000320. The van der Waals surface area contributed by atoms with Gasteiger partial charge in [-0.3, -0.25) is 9.89 Å². The number of para-hydroxylation sites is 1. The first-order valence-electron chi connectivity index (χ1n) is 12.1. The van der Waals surface area contributed by atoms with Crippen LogP contribution in [0.3, 0.4) is 0 Å². The molecule has 1 amide bonds. The van der Waals surface area contributed by atoms with Gasteiger partial charge < -0.3 is 20.3 Å². The number of rotatable bonds is 8. The lowest BCUT2D eigenvalue weighted by Crippen LogP contribution is -2.35. The molecule has 0 atom stereocenters. The first-order valence-corrected chi connectivity index (χ1v) is 12.1. The summed E-state index contributed by atoms with van der Waals surface area (Å²) in [7, 11) is 1.74. The number of ether oxygens (including phenoxy) is 1. The summed E-state index contributed by atoms with van der Waals surface area (Å²) in [5.74, 6) is 0.768. The Kier molecular flexibility index (Phi) is 8.70. The van der Waals surface area contributed by atoms with Crippen LogP contribution in [0.15, 0.2) is 60.7 Å². The lowest BCUT2D eigenvalue weighted by molar-refractivity contribution is 0.102. The molecule has 1 aliphatic heterocycles. The zero-order valence-electron chi connectivity index (χ0n) is 20.5. The van der Waals surface area contributed by atoms with Crippen LogP contribution in [-0.2, 0) is 4.74 Å². The fourth-order valence-corrected chi connectivity index (χ4v) is 4.57. The number of nitrogens with zero attached hydrogens (tertiary/aromatic N) is 3. The molecule has 1 aliphatic rings. The Morgan fingerprint density at radius 3 is 2.59 bits per heavy atom. The Morgan fingerprint density at radius 2 is 1.86 bits per heavy atom. The van der Waals surface area contributed by atoms with Gasteiger partial charge in [0.15, 0.2) is 11.5 Å². The number of nitrogens with one attached hydrogen (secondary N) is 3. The highest BCUT2D eigenvalue weighted by molar-refractivity contribution is 6.07. The number of hydrogen-bond donors (Lipinski definition) is 3. The molecule has 37 heavy (non-hydrogen) atoms. The van der Waals surface area contributed by atoms with Crippen molar-refractivity contribution in [2.45, 2.75) is 18.8 Å². The molecule has 8 nitrogen and oxygen atoms in total. The Hall–Kier alpha value is -3.53. The molecule has 3 N–H and O–H groups in total. The maximum atomic E-state index is 13.9. The van der Waals surface area contributed by atoms with Crippen molar-refractivity contribution in [3.05, 3.63) is 77.6 Å². The molecule has 0 bridgehead atoms. The van der Waals surface area contributed by atoms with Gasteiger partial charge in [-0.15, -0.1) is 12.4 Å². The van der Waals surface area contributed by atoms with Crippen LogP contribution in [0.5, 0.6) is 0 Å². The van der Waals surface area contributed by atoms with E-state index in [-0.39, 0.29) is 24.1 Å². The zero-order chi connectivity index (χ0) is 24.9. The van der Waals surface area contributed by atoms with Crippen molar-refractivity contribution in [1.29, 1.82) is 0 Å². The van der Waals surface area contributed by atoms with E-state index in [0.29, 0.717) is 39.8 Å². The maximum Gasteiger partial charge on any atom is 0.256 e. The average Bonchev–Trinajstić information content (AvgIpc) is 3.31. The molecule has 0 aliphatic carbocycles. The Labute approximate surface area is 221 Å². The number of fused-ring (bicyclic) bond motifs is 1. The molecule has 2 aromatic heterocycles. The van der Waals surface area contributed by atoms with Gasteiger partial charge >= 0.3 is 0 Å². The molecule has 5 rings (SSSR count). The number of hydrogen-bond acceptors (Lipinski definition) is 6. The number of anilines is 3. The summed E-state index contributed by atoms with van der Waals surface area (Å²) in [5, 5.41) is 13.5. The number of aromatic amines is 1. The number of pyridine rings is 1. The Bertz CT molecular complexity index is 1340. The smallest absolute Gasteiger partial charge is 0.256 e. The van der Waals surface area contributed by atoms with Crippen molar-refractivity contribution in [3.8, 4) is 0 Å². The number of H-pyrrole nitrogens is 1. The standard InChI is InChI=1S/C27H29FN6O2.ClH/c1-36-17-16-34-14-12-19(13-15-34)18-6-8-20(9-7-18)27(35)31-26-21-10-11-24(30-25(21)32-33-26)29-23-5-3-2-4-22(23)28;/h2-11,19H,12-17H2,1H3,(H3,29,30,31,32,33,35);1H. The number of carbonyl (C=O) groups excluding carboxylic acids is 1. The normalized spacial score (nSPS) is 14.3. The van der Waals surface area contributed by atoms with Crippen molar-refractivity contribution >= 4 is 46.7 Å². The van der Waals surface area contributed by atoms with E-state index in [1.54, 1.807) is 37.4 Å².